The lowest BCUT2D eigenvalue weighted by atomic mass is 9.90. The number of rotatable bonds is 4. The highest BCUT2D eigenvalue weighted by Gasteiger charge is 2.30. The lowest BCUT2D eigenvalue weighted by molar-refractivity contribution is -0.135. The van der Waals surface area contributed by atoms with E-state index in [0.717, 1.165) is 30.1 Å². The molecule has 1 fully saturated rings. The van der Waals surface area contributed by atoms with Crippen molar-refractivity contribution in [2.45, 2.75) is 32.2 Å². The van der Waals surface area contributed by atoms with Crippen molar-refractivity contribution in [3.8, 4) is 10.8 Å². The van der Waals surface area contributed by atoms with Crippen LogP contribution in [-0.4, -0.2) is 50.1 Å². The zero-order chi connectivity index (χ0) is 15.5. The van der Waals surface area contributed by atoms with Gasteiger partial charge in [-0.2, -0.15) is 5.10 Å². The summed E-state index contributed by atoms with van der Waals surface area (Å²) in [5.41, 5.74) is 6.63. The first-order valence-corrected chi connectivity index (χ1v) is 8.36. The Morgan fingerprint density at radius 2 is 2.45 bits per heavy atom. The van der Waals surface area contributed by atoms with E-state index in [4.69, 9.17) is 5.73 Å². The molecular formula is C14H20N6OS. The molecule has 3 rings (SSSR count). The molecule has 1 amide bonds. The molecule has 0 saturated carbocycles. The van der Waals surface area contributed by atoms with Gasteiger partial charge >= 0.3 is 0 Å². The Kier molecular flexibility index (Phi) is 4.49. The maximum atomic E-state index is 12.6. The van der Waals surface area contributed by atoms with E-state index in [1.165, 1.54) is 17.7 Å². The van der Waals surface area contributed by atoms with Gasteiger partial charge in [0.1, 0.15) is 6.33 Å². The summed E-state index contributed by atoms with van der Waals surface area (Å²) in [4.78, 5) is 23.0. The number of carbonyl (C=O) groups excluding carboxylic acids is 1. The zero-order valence-corrected chi connectivity index (χ0v) is 13.3. The Morgan fingerprint density at radius 1 is 1.59 bits per heavy atom. The fraction of sp³-hybridized carbons (Fsp3) is 0.571. The highest BCUT2D eigenvalue weighted by atomic mass is 32.1. The fourth-order valence-corrected chi connectivity index (χ4v) is 3.74. The number of hydrogen-bond acceptors (Lipinski definition) is 6. The number of nitrogens with two attached hydrogens (primary N) is 1. The average molecular weight is 320 g/mol. The van der Waals surface area contributed by atoms with Crippen LogP contribution in [0.1, 0.15) is 25.5 Å². The summed E-state index contributed by atoms with van der Waals surface area (Å²) in [6.45, 7) is 3.49. The Hall–Kier alpha value is -1.80. The van der Waals surface area contributed by atoms with E-state index in [0.29, 0.717) is 24.7 Å². The average Bonchev–Trinajstić information content (AvgIpc) is 3.17. The van der Waals surface area contributed by atoms with Gasteiger partial charge in [0.05, 0.1) is 12.1 Å². The summed E-state index contributed by atoms with van der Waals surface area (Å²) >= 11 is 1.46. The number of piperidine rings is 1. The number of thiazole rings is 1. The molecule has 2 aromatic rings. The van der Waals surface area contributed by atoms with Gasteiger partial charge in [-0.15, -0.1) is 11.3 Å². The normalized spacial score (nSPS) is 22.0. The van der Waals surface area contributed by atoms with Crippen LogP contribution in [0.2, 0.25) is 0 Å². The molecule has 7 nitrogen and oxygen atoms in total. The van der Waals surface area contributed by atoms with Crippen molar-refractivity contribution in [2.75, 3.05) is 13.1 Å². The Balaban J connectivity index is 1.69. The summed E-state index contributed by atoms with van der Waals surface area (Å²) in [5.74, 6) is 1.20. The van der Waals surface area contributed by atoms with E-state index < -0.39 is 0 Å². The van der Waals surface area contributed by atoms with Crippen LogP contribution in [0.15, 0.2) is 11.7 Å². The predicted octanol–water partition coefficient (Wildman–Crippen LogP) is 1.06. The second kappa shape index (κ2) is 6.53. The number of nitrogens with one attached hydrogen (secondary N) is 1. The van der Waals surface area contributed by atoms with Gasteiger partial charge in [0, 0.05) is 24.5 Å². The van der Waals surface area contributed by atoms with Crippen LogP contribution in [0.3, 0.4) is 0 Å². The highest BCUT2D eigenvalue weighted by molar-refractivity contribution is 7.13. The first kappa shape index (κ1) is 15.1. The van der Waals surface area contributed by atoms with Crippen LogP contribution < -0.4 is 5.73 Å². The molecule has 3 N–H and O–H groups in total. The van der Waals surface area contributed by atoms with E-state index in [1.807, 2.05) is 10.3 Å². The summed E-state index contributed by atoms with van der Waals surface area (Å²) in [5, 5.41) is 9.25. The van der Waals surface area contributed by atoms with Crippen LogP contribution in [0.5, 0.6) is 0 Å². The number of amides is 1. The third-order valence-corrected chi connectivity index (χ3v) is 5.08. The predicted molar refractivity (Wildman–Crippen MR) is 84.1 cm³/mol. The minimum absolute atomic E-state index is 0.108. The van der Waals surface area contributed by atoms with Gasteiger partial charge in [-0.05, 0) is 18.8 Å². The van der Waals surface area contributed by atoms with Gasteiger partial charge in [-0.3, -0.25) is 9.89 Å². The molecular weight excluding hydrogens is 300 g/mol. The molecule has 22 heavy (non-hydrogen) atoms. The molecule has 2 atom stereocenters. The fourth-order valence-electron chi connectivity index (χ4n) is 2.98. The first-order valence-electron chi connectivity index (χ1n) is 7.48. The van der Waals surface area contributed by atoms with Crippen molar-refractivity contribution in [3.63, 3.8) is 0 Å². The molecule has 8 heteroatoms. The number of hydrogen-bond donors (Lipinski definition) is 2. The van der Waals surface area contributed by atoms with E-state index in [1.54, 1.807) is 0 Å². The second-order valence-electron chi connectivity index (χ2n) is 5.66. The second-order valence-corrected chi connectivity index (χ2v) is 6.52. The molecule has 118 valence electrons. The summed E-state index contributed by atoms with van der Waals surface area (Å²) in [7, 11) is 0. The molecule has 0 unspecified atom stereocenters. The Labute approximate surface area is 133 Å². The molecule has 0 bridgehead atoms. The van der Waals surface area contributed by atoms with Crippen molar-refractivity contribution in [2.24, 2.45) is 11.7 Å². The first-order chi connectivity index (χ1) is 10.7. The highest BCUT2D eigenvalue weighted by Crippen LogP contribution is 2.24. The lowest BCUT2D eigenvalue weighted by Gasteiger charge is -2.39. The zero-order valence-electron chi connectivity index (χ0n) is 12.5. The van der Waals surface area contributed by atoms with Gasteiger partial charge in [-0.1, -0.05) is 6.92 Å². The number of aromatic nitrogens is 4. The SMILES string of the molecule is C[C@H]1CCCN(C(=O)Cc2csc(-c3ncn[nH]3)n2)[C@H]1CN. The van der Waals surface area contributed by atoms with E-state index >= 15 is 0 Å². The summed E-state index contributed by atoms with van der Waals surface area (Å²) in [6, 6.07) is 0.147. The molecule has 1 aliphatic rings. The lowest BCUT2D eigenvalue weighted by Crippen LogP contribution is -2.51. The van der Waals surface area contributed by atoms with Crippen molar-refractivity contribution in [1.29, 1.82) is 0 Å². The van der Waals surface area contributed by atoms with E-state index in [9.17, 15) is 4.79 Å². The Bertz CT molecular complexity index is 625. The van der Waals surface area contributed by atoms with Gasteiger partial charge in [0.2, 0.25) is 5.91 Å². The van der Waals surface area contributed by atoms with Crippen LogP contribution in [0.4, 0.5) is 0 Å². The molecule has 0 aromatic carbocycles. The monoisotopic (exact) mass is 320 g/mol. The number of nitrogens with zero attached hydrogens (tertiary/aromatic N) is 4. The number of likely N-dealkylation sites (tertiary alicyclic amines) is 1. The van der Waals surface area contributed by atoms with Crippen LogP contribution in [0.25, 0.3) is 10.8 Å². The molecule has 0 radical (unpaired) electrons. The molecule has 0 aliphatic carbocycles. The molecule has 1 saturated heterocycles. The quantitative estimate of drug-likeness (QED) is 0.877. The van der Waals surface area contributed by atoms with E-state index in [-0.39, 0.29) is 11.9 Å². The van der Waals surface area contributed by atoms with Crippen molar-refractivity contribution in [1.82, 2.24) is 25.1 Å². The summed E-state index contributed by atoms with van der Waals surface area (Å²) < 4.78 is 0. The van der Waals surface area contributed by atoms with Gasteiger partial charge in [0.15, 0.2) is 10.8 Å². The van der Waals surface area contributed by atoms with Crippen LogP contribution >= 0.6 is 11.3 Å². The van der Waals surface area contributed by atoms with Crippen molar-refractivity contribution < 1.29 is 4.79 Å². The third-order valence-electron chi connectivity index (χ3n) is 4.18. The van der Waals surface area contributed by atoms with Crippen molar-refractivity contribution >= 4 is 17.2 Å². The number of H-pyrrole nitrogens is 1. The van der Waals surface area contributed by atoms with Crippen LogP contribution in [0, 0.1) is 5.92 Å². The maximum Gasteiger partial charge on any atom is 0.228 e. The number of carbonyl (C=O) groups is 1. The van der Waals surface area contributed by atoms with E-state index in [2.05, 4.69) is 27.1 Å². The molecule has 1 aliphatic heterocycles. The molecule has 0 spiro atoms. The largest absolute Gasteiger partial charge is 0.338 e. The van der Waals surface area contributed by atoms with Gasteiger partial charge in [0.25, 0.3) is 0 Å². The van der Waals surface area contributed by atoms with Gasteiger partial charge < -0.3 is 10.6 Å². The molecule has 3 heterocycles. The minimum atomic E-state index is 0.108. The summed E-state index contributed by atoms with van der Waals surface area (Å²) in [6.07, 6.45) is 3.94. The Morgan fingerprint density at radius 3 is 3.18 bits per heavy atom. The maximum absolute atomic E-state index is 12.6. The standard InChI is InChI=1S/C14H20N6OS/c1-9-3-2-4-20(11(9)6-15)12(21)5-10-7-22-14(18-10)13-16-8-17-19-13/h7-9,11H,2-6,15H2,1H3,(H,16,17,19)/t9-,11-/m0/s1. The van der Waals surface area contributed by atoms with Crippen LogP contribution in [-0.2, 0) is 11.2 Å². The molecule has 2 aromatic heterocycles. The van der Waals surface area contributed by atoms with Gasteiger partial charge in [-0.25, -0.2) is 9.97 Å². The van der Waals surface area contributed by atoms with Crippen molar-refractivity contribution in [3.05, 3.63) is 17.4 Å². The topological polar surface area (TPSA) is 101 Å². The number of aromatic amines is 1. The smallest absolute Gasteiger partial charge is 0.228 e. The minimum Gasteiger partial charge on any atom is -0.338 e. The third kappa shape index (κ3) is 3.02.